The van der Waals surface area contributed by atoms with E-state index in [1.165, 1.54) is 0 Å². The van der Waals surface area contributed by atoms with Gasteiger partial charge in [0.15, 0.2) is 0 Å². The van der Waals surface area contributed by atoms with Crippen molar-refractivity contribution >= 4 is 23.6 Å². The molecule has 2 fully saturated rings. The molecule has 8 heteroatoms. The van der Waals surface area contributed by atoms with Gasteiger partial charge in [0.2, 0.25) is 0 Å². The molecular formula is C17H21N3O5. The molecule has 1 aromatic carbocycles. The van der Waals surface area contributed by atoms with Gasteiger partial charge in [-0.1, -0.05) is 0 Å². The first-order valence-electron chi connectivity index (χ1n) is 8.33. The first-order valence-corrected chi connectivity index (χ1v) is 8.33. The van der Waals surface area contributed by atoms with E-state index >= 15 is 0 Å². The summed E-state index contributed by atoms with van der Waals surface area (Å²) in [5.74, 6) is -1.74. The number of nitrogens with one attached hydrogen (secondary N) is 2. The molecule has 0 radical (unpaired) electrons. The number of nitrogens with zero attached hydrogens (tertiary/aromatic N) is 1. The van der Waals surface area contributed by atoms with Gasteiger partial charge in [-0.25, -0.2) is 9.59 Å². The van der Waals surface area contributed by atoms with Crippen LogP contribution in [0.5, 0.6) is 0 Å². The minimum atomic E-state index is -1.06. The van der Waals surface area contributed by atoms with Crippen molar-refractivity contribution in [2.24, 2.45) is 5.92 Å². The van der Waals surface area contributed by atoms with Gasteiger partial charge in [-0.3, -0.25) is 9.69 Å². The number of carboxylic acids is 1. The van der Waals surface area contributed by atoms with Crippen LogP contribution in [0.4, 0.5) is 10.5 Å². The number of hydrogen-bond acceptors (Lipinski definition) is 4. The Kier molecular flexibility index (Phi) is 5.18. The fraction of sp³-hybridized carbons (Fsp3) is 0.471. The van der Waals surface area contributed by atoms with Crippen molar-refractivity contribution in [3.8, 4) is 0 Å². The van der Waals surface area contributed by atoms with Crippen molar-refractivity contribution in [1.82, 2.24) is 10.6 Å². The molecule has 2 aliphatic heterocycles. The highest BCUT2D eigenvalue weighted by atomic mass is 16.5. The number of carbonyl (C=O) groups is 3. The third-order valence-electron chi connectivity index (χ3n) is 4.52. The summed E-state index contributed by atoms with van der Waals surface area (Å²) in [6, 6.07) is 5.40. The summed E-state index contributed by atoms with van der Waals surface area (Å²) in [4.78, 5) is 37.1. The van der Waals surface area contributed by atoms with Crippen LogP contribution in [0.2, 0.25) is 0 Å². The Bertz CT molecular complexity index is 655. The number of carboxylic acid groups (broad SMARTS) is 1. The highest BCUT2D eigenvalue weighted by Gasteiger charge is 2.31. The Hall–Kier alpha value is -2.61. The van der Waals surface area contributed by atoms with Crippen LogP contribution in [0.15, 0.2) is 24.3 Å². The Morgan fingerprint density at radius 1 is 1.32 bits per heavy atom. The molecule has 2 heterocycles. The molecule has 0 saturated carbocycles. The lowest BCUT2D eigenvalue weighted by atomic mass is 9.93. The van der Waals surface area contributed by atoms with Crippen molar-refractivity contribution in [3.63, 3.8) is 0 Å². The highest BCUT2D eigenvalue weighted by Crippen LogP contribution is 2.20. The van der Waals surface area contributed by atoms with Crippen LogP contribution in [-0.2, 0) is 9.53 Å². The molecule has 0 unspecified atom stereocenters. The summed E-state index contributed by atoms with van der Waals surface area (Å²) < 4.78 is 5.33. The van der Waals surface area contributed by atoms with Gasteiger partial charge in [-0.2, -0.15) is 0 Å². The first kappa shape index (κ1) is 17.2. The molecule has 25 heavy (non-hydrogen) atoms. The molecule has 2 atom stereocenters. The van der Waals surface area contributed by atoms with Crippen molar-refractivity contribution in [2.75, 3.05) is 31.2 Å². The molecule has 3 rings (SSSR count). The Morgan fingerprint density at radius 2 is 2.08 bits per heavy atom. The summed E-state index contributed by atoms with van der Waals surface area (Å²) >= 11 is 0. The van der Waals surface area contributed by atoms with E-state index in [0.29, 0.717) is 44.0 Å². The van der Waals surface area contributed by atoms with Crippen LogP contribution >= 0.6 is 0 Å². The zero-order chi connectivity index (χ0) is 17.8. The molecule has 134 valence electrons. The third-order valence-corrected chi connectivity index (χ3v) is 4.52. The summed E-state index contributed by atoms with van der Waals surface area (Å²) in [5, 5.41) is 14.7. The van der Waals surface area contributed by atoms with E-state index in [0.717, 1.165) is 6.42 Å². The van der Waals surface area contributed by atoms with Crippen LogP contribution < -0.4 is 15.5 Å². The summed E-state index contributed by atoms with van der Waals surface area (Å²) in [6.45, 7) is 2.13. The number of benzene rings is 1. The van der Waals surface area contributed by atoms with E-state index in [4.69, 9.17) is 4.74 Å². The summed E-state index contributed by atoms with van der Waals surface area (Å²) in [7, 11) is 0. The van der Waals surface area contributed by atoms with Gasteiger partial charge in [0.25, 0.3) is 5.91 Å². The summed E-state index contributed by atoms with van der Waals surface area (Å²) in [6.07, 6.45) is 1.50. The van der Waals surface area contributed by atoms with Crippen molar-refractivity contribution < 1.29 is 24.2 Å². The normalized spacial score (nSPS) is 21.5. The van der Waals surface area contributed by atoms with Gasteiger partial charge < -0.3 is 20.5 Å². The Balaban J connectivity index is 1.67. The number of rotatable bonds is 5. The zero-order valence-electron chi connectivity index (χ0n) is 13.7. The fourth-order valence-corrected chi connectivity index (χ4v) is 3.15. The largest absolute Gasteiger partial charge is 0.480 e. The van der Waals surface area contributed by atoms with Crippen molar-refractivity contribution in [2.45, 2.75) is 18.9 Å². The van der Waals surface area contributed by atoms with E-state index in [1.54, 1.807) is 29.2 Å². The Labute approximate surface area is 145 Å². The van der Waals surface area contributed by atoms with E-state index in [1.807, 2.05) is 0 Å². The molecule has 0 aromatic heterocycles. The molecule has 2 aliphatic rings. The maximum Gasteiger partial charge on any atom is 0.326 e. The molecule has 1 aromatic rings. The molecule has 8 nitrogen and oxygen atoms in total. The molecule has 3 N–H and O–H groups in total. The fourth-order valence-electron chi connectivity index (χ4n) is 3.15. The van der Waals surface area contributed by atoms with Crippen LogP contribution in [0.3, 0.4) is 0 Å². The lowest BCUT2D eigenvalue weighted by molar-refractivity contribution is -0.142. The molecular weight excluding hydrogens is 326 g/mol. The molecule has 0 bridgehead atoms. The Morgan fingerprint density at radius 3 is 2.64 bits per heavy atom. The minimum absolute atomic E-state index is 0.166. The average molecular weight is 347 g/mol. The maximum atomic E-state index is 12.4. The maximum absolute atomic E-state index is 12.4. The van der Waals surface area contributed by atoms with Crippen LogP contribution in [0.1, 0.15) is 23.2 Å². The van der Waals surface area contributed by atoms with Crippen molar-refractivity contribution in [1.29, 1.82) is 0 Å². The smallest absolute Gasteiger partial charge is 0.326 e. The highest BCUT2D eigenvalue weighted by molar-refractivity contribution is 5.98. The van der Waals surface area contributed by atoms with E-state index < -0.39 is 17.9 Å². The molecule has 0 spiro atoms. The monoisotopic (exact) mass is 347 g/mol. The molecule has 0 aliphatic carbocycles. The predicted molar refractivity (Wildman–Crippen MR) is 89.6 cm³/mol. The standard InChI is InChI=1S/C17H21N3O5/c21-15(19-14(16(22)23)12-2-1-9-25-10-12)11-3-5-13(6-4-11)20-8-7-18-17(20)24/h3-6,12,14H,1-2,7-10H2,(H,18,24)(H,19,21)(H,22,23)/t12-,14-/m0/s1. The second-order valence-corrected chi connectivity index (χ2v) is 6.20. The van der Waals surface area contributed by atoms with Gasteiger partial charge >= 0.3 is 12.0 Å². The number of urea groups is 1. The van der Waals surface area contributed by atoms with Gasteiger partial charge in [-0.15, -0.1) is 0 Å². The van der Waals surface area contributed by atoms with Crippen LogP contribution in [0, 0.1) is 5.92 Å². The quantitative estimate of drug-likeness (QED) is 0.731. The van der Waals surface area contributed by atoms with Crippen LogP contribution in [0.25, 0.3) is 0 Å². The van der Waals surface area contributed by atoms with Gasteiger partial charge in [0.1, 0.15) is 6.04 Å². The number of carbonyl (C=O) groups excluding carboxylic acids is 2. The molecule has 3 amide bonds. The van der Waals surface area contributed by atoms with E-state index in [-0.39, 0.29) is 11.9 Å². The molecule has 2 saturated heterocycles. The minimum Gasteiger partial charge on any atom is -0.480 e. The number of ether oxygens (including phenoxy) is 1. The second kappa shape index (κ2) is 7.52. The van der Waals surface area contributed by atoms with E-state index in [9.17, 15) is 19.5 Å². The SMILES string of the molecule is O=C(N[C@H](C(=O)O)[C@H]1CCCOC1)c1ccc(N2CCNC2=O)cc1. The lowest BCUT2D eigenvalue weighted by Crippen LogP contribution is -2.48. The summed E-state index contributed by atoms with van der Waals surface area (Å²) in [5.41, 5.74) is 1.05. The number of anilines is 1. The number of aliphatic carboxylic acids is 1. The van der Waals surface area contributed by atoms with Gasteiger partial charge in [0.05, 0.1) is 6.61 Å². The predicted octanol–water partition coefficient (Wildman–Crippen LogP) is 0.826. The van der Waals surface area contributed by atoms with Gasteiger partial charge in [-0.05, 0) is 37.1 Å². The van der Waals surface area contributed by atoms with E-state index in [2.05, 4.69) is 10.6 Å². The first-order chi connectivity index (χ1) is 12.1. The lowest BCUT2D eigenvalue weighted by Gasteiger charge is -2.28. The van der Waals surface area contributed by atoms with Crippen molar-refractivity contribution in [3.05, 3.63) is 29.8 Å². The number of amides is 3. The third kappa shape index (κ3) is 3.90. The van der Waals surface area contributed by atoms with Crippen LogP contribution in [-0.4, -0.2) is 55.4 Å². The second-order valence-electron chi connectivity index (χ2n) is 6.20. The zero-order valence-corrected chi connectivity index (χ0v) is 13.7. The number of hydrogen-bond donors (Lipinski definition) is 3. The topological polar surface area (TPSA) is 108 Å². The average Bonchev–Trinajstić information content (AvgIpc) is 3.06. The van der Waals surface area contributed by atoms with Gasteiger partial charge in [0, 0.05) is 36.9 Å².